The minimum absolute atomic E-state index is 0.00123. The number of nitrogens with zero attached hydrogens (tertiary/aromatic N) is 3. The summed E-state index contributed by atoms with van der Waals surface area (Å²) < 4.78 is 1.57. The molecule has 0 bridgehead atoms. The number of hydrogen-bond donors (Lipinski definition) is 2. The predicted molar refractivity (Wildman–Crippen MR) is 75.6 cm³/mol. The summed E-state index contributed by atoms with van der Waals surface area (Å²) in [6.07, 6.45) is 8.20. The second kappa shape index (κ2) is 7.38. The van der Waals surface area contributed by atoms with Gasteiger partial charge >= 0.3 is 5.97 Å². The first kappa shape index (κ1) is 15.0. The lowest BCUT2D eigenvalue weighted by Gasteiger charge is -2.26. The second-order valence-corrected chi connectivity index (χ2v) is 5.84. The van der Waals surface area contributed by atoms with Crippen molar-refractivity contribution in [1.82, 2.24) is 20.3 Å². The second-order valence-electron chi connectivity index (χ2n) is 5.84. The van der Waals surface area contributed by atoms with Gasteiger partial charge in [0.25, 0.3) is 0 Å². The van der Waals surface area contributed by atoms with Gasteiger partial charge in [0.05, 0.1) is 12.7 Å². The Hall–Kier alpha value is -1.43. The molecule has 1 aliphatic carbocycles. The van der Waals surface area contributed by atoms with E-state index in [1.807, 2.05) is 0 Å². The summed E-state index contributed by atoms with van der Waals surface area (Å²) in [5.74, 6) is 0.759. The molecule has 112 valence electrons. The van der Waals surface area contributed by atoms with Gasteiger partial charge in [0.2, 0.25) is 0 Å². The van der Waals surface area contributed by atoms with E-state index in [2.05, 4.69) is 22.6 Å². The Balaban J connectivity index is 1.56. The van der Waals surface area contributed by atoms with Crippen molar-refractivity contribution in [3.63, 3.8) is 0 Å². The van der Waals surface area contributed by atoms with Crippen LogP contribution in [0.4, 0.5) is 0 Å². The van der Waals surface area contributed by atoms with Gasteiger partial charge in [-0.1, -0.05) is 37.8 Å². The van der Waals surface area contributed by atoms with Crippen LogP contribution < -0.4 is 5.32 Å². The highest BCUT2D eigenvalue weighted by molar-refractivity contribution is 5.84. The fourth-order valence-electron chi connectivity index (χ4n) is 2.75. The number of carbonyl (C=O) groups is 1. The molecule has 20 heavy (non-hydrogen) atoms. The Morgan fingerprint density at radius 1 is 1.40 bits per heavy atom. The van der Waals surface area contributed by atoms with Crippen LogP contribution in [0.5, 0.6) is 0 Å². The van der Waals surface area contributed by atoms with Crippen LogP contribution in [0.1, 0.15) is 49.5 Å². The maximum Gasteiger partial charge on any atom is 0.358 e. The highest BCUT2D eigenvalue weighted by Gasteiger charge is 2.17. The molecule has 2 N–H and O–H groups in total. The normalized spacial score (nSPS) is 22.9. The number of carboxylic acids is 1. The molecule has 1 aliphatic rings. The van der Waals surface area contributed by atoms with Gasteiger partial charge in [-0.05, 0) is 24.8 Å². The van der Waals surface area contributed by atoms with Crippen LogP contribution in [0.3, 0.4) is 0 Å². The van der Waals surface area contributed by atoms with E-state index in [4.69, 9.17) is 5.11 Å². The summed E-state index contributed by atoms with van der Waals surface area (Å²) in [6.45, 7) is 4.82. The molecule has 1 fully saturated rings. The van der Waals surface area contributed by atoms with Gasteiger partial charge in [-0.3, -0.25) is 4.68 Å². The van der Waals surface area contributed by atoms with Crippen LogP contribution in [0.15, 0.2) is 6.20 Å². The van der Waals surface area contributed by atoms with E-state index in [9.17, 15) is 4.79 Å². The topological polar surface area (TPSA) is 80.0 Å². The quantitative estimate of drug-likeness (QED) is 0.744. The monoisotopic (exact) mass is 280 g/mol. The average Bonchev–Trinajstić information content (AvgIpc) is 2.89. The van der Waals surface area contributed by atoms with Gasteiger partial charge < -0.3 is 10.4 Å². The molecular formula is C14H24N4O2. The summed E-state index contributed by atoms with van der Waals surface area (Å²) >= 11 is 0. The van der Waals surface area contributed by atoms with E-state index < -0.39 is 5.97 Å². The van der Waals surface area contributed by atoms with E-state index in [1.165, 1.54) is 38.3 Å². The molecule has 0 saturated heterocycles. The van der Waals surface area contributed by atoms with Gasteiger partial charge in [-0.2, -0.15) is 0 Å². The molecule has 0 amide bonds. The molecule has 1 aromatic rings. The van der Waals surface area contributed by atoms with Crippen molar-refractivity contribution in [2.75, 3.05) is 13.1 Å². The highest BCUT2D eigenvalue weighted by Crippen LogP contribution is 2.29. The SMILES string of the molecule is CC1CCC(CCNCCn2cc(C(=O)O)nn2)CC1. The predicted octanol–water partition coefficient (Wildman–Crippen LogP) is 1.78. The number of nitrogens with one attached hydrogen (secondary N) is 1. The number of rotatable bonds is 7. The van der Waals surface area contributed by atoms with Crippen molar-refractivity contribution < 1.29 is 9.90 Å². The Bertz CT molecular complexity index is 425. The maximum absolute atomic E-state index is 10.7. The molecule has 0 spiro atoms. The highest BCUT2D eigenvalue weighted by atomic mass is 16.4. The first-order chi connectivity index (χ1) is 9.65. The fraction of sp³-hybridized carbons (Fsp3) is 0.786. The minimum atomic E-state index is -1.03. The molecule has 6 nitrogen and oxygen atoms in total. The first-order valence-electron chi connectivity index (χ1n) is 7.49. The zero-order chi connectivity index (χ0) is 14.4. The summed E-state index contributed by atoms with van der Waals surface area (Å²) in [5, 5.41) is 19.5. The molecule has 1 saturated carbocycles. The van der Waals surface area contributed by atoms with Crippen LogP contribution in [0.25, 0.3) is 0 Å². The molecule has 1 aromatic heterocycles. The Morgan fingerprint density at radius 3 is 2.80 bits per heavy atom. The van der Waals surface area contributed by atoms with Crippen molar-refractivity contribution in [3.05, 3.63) is 11.9 Å². The third kappa shape index (κ3) is 4.59. The van der Waals surface area contributed by atoms with Crippen LogP contribution in [-0.2, 0) is 6.54 Å². The molecule has 1 heterocycles. The zero-order valence-corrected chi connectivity index (χ0v) is 12.1. The summed E-state index contributed by atoms with van der Waals surface area (Å²) in [7, 11) is 0. The molecule has 0 atom stereocenters. The van der Waals surface area contributed by atoms with Crippen molar-refractivity contribution in [1.29, 1.82) is 0 Å². The van der Waals surface area contributed by atoms with Crippen molar-refractivity contribution in [2.45, 2.75) is 45.6 Å². The van der Waals surface area contributed by atoms with Crippen LogP contribution >= 0.6 is 0 Å². The van der Waals surface area contributed by atoms with E-state index >= 15 is 0 Å². The van der Waals surface area contributed by atoms with Crippen LogP contribution in [0.2, 0.25) is 0 Å². The molecule has 0 unspecified atom stereocenters. The zero-order valence-electron chi connectivity index (χ0n) is 12.1. The van der Waals surface area contributed by atoms with Crippen molar-refractivity contribution in [3.8, 4) is 0 Å². The van der Waals surface area contributed by atoms with E-state index in [0.717, 1.165) is 24.9 Å². The van der Waals surface area contributed by atoms with Gasteiger partial charge in [-0.25, -0.2) is 4.79 Å². The van der Waals surface area contributed by atoms with E-state index in [1.54, 1.807) is 4.68 Å². The summed E-state index contributed by atoms with van der Waals surface area (Å²) in [6, 6.07) is 0. The molecular weight excluding hydrogens is 256 g/mol. The lowest BCUT2D eigenvalue weighted by Crippen LogP contribution is -2.24. The Morgan fingerprint density at radius 2 is 2.15 bits per heavy atom. The van der Waals surface area contributed by atoms with Crippen molar-refractivity contribution in [2.24, 2.45) is 11.8 Å². The standard InChI is InChI=1S/C14H24N4O2/c1-11-2-4-12(5-3-11)6-7-15-8-9-18-10-13(14(19)20)16-17-18/h10-12,15H,2-9H2,1H3,(H,19,20). The number of hydrogen-bond acceptors (Lipinski definition) is 4. The molecule has 0 radical (unpaired) electrons. The van der Waals surface area contributed by atoms with E-state index in [0.29, 0.717) is 6.54 Å². The lowest BCUT2D eigenvalue weighted by atomic mass is 9.81. The molecule has 0 aromatic carbocycles. The van der Waals surface area contributed by atoms with Crippen molar-refractivity contribution >= 4 is 5.97 Å². The minimum Gasteiger partial charge on any atom is -0.476 e. The smallest absolute Gasteiger partial charge is 0.358 e. The summed E-state index contributed by atoms with van der Waals surface area (Å²) in [5.41, 5.74) is 0.00123. The van der Waals surface area contributed by atoms with Gasteiger partial charge in [0.1, 0.15) is 0 Å². The molecule has 2 rings (SSSR count). The third-order valence-corrected chi connectivity index (χ3v) is 4.14. The van der Waals surface area contributed by atoms with Crippen LogP contribution in [-0.4, -0.2) is 39.2 Å². The number of aromatic carboxylic acids is 1. The largest absolute Gasteiger partial charge is 0.476 e. The molecule has 6 heteroatoms. The third-order valence-electron chi connectivity index (χ3n) is 4.14. The maximum atomic E-state index is 10.7. The lowest BCUT2D eigenvalue weighted by molar-refractivity contribution is 0.0690. The Labute approximate surface area is 119 Å². The van der Waals surface area contributed by atoms with Gasteiger partial charge in [0.15, 0.2) is 5.69 Å². The first-order valence-corrected chi connectivity index (χ1v) is 7.49. The molecule has 0 aliphatic heterocycles. The van der Waals surface area contributed by atoms with E-state index in [-0.39, 0.29) is 5.69 Å². The van der Waals surface area contributed by atoms with Gasteiger partial charge in [-0.15, -0.1) is 5.10 Å². The Kier molecular flexibility index (Phi) is 5.52. The number of carboxylic acid groups (broad SMARTS) is 1. The van der Waals surface area contributed by atoms with Gasteiger partial charge in [0, 0.05) is 6.54 Å². The average molecular weight is 280 g/mol. The number of aromatic nitrogens is 3. The fourth-order valence-corrected chi connectivity index (χ4v) is 2.75. The summed E-state index contributed by atoms with van der Waals surface area (Å²) in [4.78, 5) is 10.7. The van der Waals surface area contributed by atoms with Crippen LogP contribution in [0, 0.1) is 11.8 Å².